The van der Waals surface area contributed by atoms with Crippen LogP contribution in [0.4, 0.5) is 0 Å². The van der Waals surface area contributed by atoms with Crippen LogP contribution in [0.25, 0.3) is 0 Å². The largest absolute Gasteiger partial charge is 0.543 e. The smallest absolute Gasteiger partial charge is 0.330 e. The number of esters is 1. The van der Waals surface area contributed by atoms with Gasteiger partial charge >= 0.3 is 5.97 Å². The Balaban J connectivity index is 3.01. The van der Waals surface area contributed by atoms with Crippen LogP contribution < -0.4 is 4.43 Å². The molecule has 24 heavy (non-hydrogen) atoms. The van der Waals surface area contributed by atoms with E-state index >= 15 is 0 Å². The molecule has 0 N–H and O–H groups in total. The molecule has 0 amide bonds. The highest BCUT2D eigenvalue weighted by Crippen LogP contribution is 2.38. The van der Waals surface area contributed by atoms with E-state index in [1.165, 1.54) is 6.08 Å². The lowest BCUT2D eigenvalue weighted by atomic mass is 9.84. The van der Waals surface area contributed by atoms with Crippen molar-refractivity contribution in [3.63, 3.8) is 0 Å². The molecule has 1 aromatic rings. The number of hydrogen-bond acceptors (Lipinski definition) is 3. The molecule has 0 saturated carbocycles. The van der Waals surface area contributed by atoms with Crippen molar-refractivity contribution in [1.82, 2.24) is 0 Å². The van der Waals surface area contributed by atoms with Crippen molar-refractivity contribution in [3.8, 4) is 5.75 Å². The standard InChI is InChI=1S/C20H32O3Si/c1-9-22-18(21)13-14-20(5,6)16-11-10-12-17(15-16)23-24(7,8)19(2,3)4/h10-15H,9H2,1-8H3. The van der Waals surface area contributed by atoms with Crippen LogP contribution in [0.2, 0.25) is 18.1 Å². The summed E-state index contributed by atoms with van der Waals surface area (Å²) < 4.78 is 11.3. The van der Waals surface area contributed by atoms with E-state index in [1.54, 1.807) is 6.92 Å². The summed E-state index contributed by atoms with van der Waals surface area (Å²) in [4.78, 5) is 11.6. The molecule has 1 rings (SSSR count). The lowest BCUT2D eigenvalue weighted by Crippen LogP contribution is -2.43. The second-order valence-corrected chi connectivity index (χ2v) is 12.9. The Morgan fingerprint density at radius 1 is 1.17 bits per heavy atom. The third kappa shape index (κ3) is 5.51. The molecule has 3 nitrogen and oxygen atoms in total. The predicted molar refractivity (Wildman–Crippen MR) is 103 cm³/mol. The Hall–Kier alpha value is -1.55. The zero-order valence-corrected chi connectivity index (χ0v) is 17.4. The van der Waals surface area contributed by atoms with Crippen LogP contribution in [-0.2, 0) is 14.9 Å². The van der Waals surface area contributed by atoms with Gasteiger partial charge in [0.15, 0.2) is 0 Å². The van der Waals surface area contributed by atoms with Gasteiger partial charge in [-0.1, -0.05) is 52.8 Å². The maximum absolute atomic E-state index is 11.6. The summed E-state index contributed by atoms with van der Waals surface area (Å²) in [5, 5.41) is 0.155. The van der Waals surface area contributed by atoms with E-state index in [-0.39, 0.29) is 16.4 Å². The molecule has 1 aromatic carbocycles. The molecule has 134 valence electrons. The molecule has 0 aliphatic rings. The number of carbonyl (C=O) groups excluding carboxylic acids is 1. The molecule has 0 atom stereocenters. The second kappa shape index (κ2) is 7.56. The van der Waals surface area contributed by atoms with Gasteiger partial charge in [-0.15, -0.1) is 0 Å². The molecule has 0 heterocycles. The number of rotatable bonds is 6. The zero-order valence-electron chi connectivity index (χ0n) is 16.4. The van der Waals surface area contributed by atoms with E-state index in [9.17, 15) is 4.79 Å². The highest BCUT2D eigenvalue weighted by Gasteiger charge is 2.39. The second-order valence-electron chi connectivity index (χ2n) is 8.20. The average molecular weight is 349 g/mol. The van der Waals surface area contributed by atoms with E-state index in [2.05, 4.69) is 59.8 Å². The van der Waals surface area contributed by atoms with Crippen molar-refractivity contribution in [1.29, 1.82) is 0 Å². The summed E-state index contributed by atoms with van der Waals surface area (Å²) in [5.41, 5.74) is 0.832. The molecule has 0 fully saturated rings. The van der Waals surface area contributed by atoms with Gasteiger partial charge in [0.2, 0.25) is 8.32 Å². The zero-order chi connectivity index (χ0) is 18.6. The third-order valence-corrected chi connectivity index (χ3v) is 9.04. The first-order chi connectivity index (χ1) is 10.9. The monoisotopic (exact) mass is 348 g/mol. The van der Waals surface area contributed by atoms with E-state index in [0.717, 1.165) is 11.3 Å². The maximum atomic E-state index is 11.6. The Kier molecular flexibility index (Phi) is 6.45. The minimum Gasteiger partial charge on any atom is -0.543 e. The summed E-state index contributed by atoms with van der Waals surface area (Å²) in [6.45, 7) is 17.5. The minimum atomic E-state index is -1.87. The van der Waals surface area contributed by atoms with Crippen LogP contribution in [0.5, 0.6) is 5.75 Å². The number of allylic oxidation sites excluding steroid dienone is 1. The average Bonchev–Trinajstić information content (AvgIpc) is 2.44. The van der Waals surface area contributed by atoms with E-state index in [4.69, 9.17) is 9.16 Å². The van der Waals surface area contributed by atoms with Crippen molar-refractivity contribution < 1.29 is 14.0 Å². The Morgan fingerprint density at radius 2 is 1.79 bits per heavy atom. The highest BCUT2D eigenvalue weighted by atomic mass is 28.4. The number of benzene rings is 1. The number of ether oxygens (including phenoxy) is 1. The van der Waals surface area contributed by atoms with Gasteiger partial charge in [-0.25, -0.2) is 4.79 Å². The predicted octanol–water partition coefficient (Wildman–Crippen LogP) is 5.47. The Bertz CT molecular complexity index is 595. The molecular formula is C20H32O3Si. The number of hydrogen-bond donors (Lipinski definition) is 0. The van der Waals surface area contributed by atoms with Crippen molar-refractivity contribution in [2.45, 2.75) is 65.1 Å². The molecule has 0 aliphatic heterocycles. The van der Waals surface area contributed by atoms with Crippen LogP contribution in [0.15, 0.2) is 36.4 Å². The van der Waals surface area contributed by atoms with Crippen LogP contribution in [0.3, 0.4) is 0 Å². The molecule has 0 spiro atoms. The summed E-state index contributed by atoms with van der Waals surface area (Å²) in [6, 6.07) is 8.16. The lowest BCUT2D eigenvalue weighted by Gasteiger charge is -2.36. The van der Waals surface area contributed by atoms with Crippen molar-refractivity contribution in [3.05, 3.63) is 42.0 Å². The summed E-state index contributed by atoms with van der Waals surface area (Å²) >= 11 is 0. The van der Waals surface area contributed by atoms with Gasteiger partial charge in [-0.3, -0.25) is 0 Å². The van der Waals surface area contributed by atoms with Crippen LogP contribution >= 0.6 is 0 Å². The van der Waals surface area contributed by atoms with Crippen molar-refractivity contribution in [2.75, 3.05) is 6.61 Å². The van der Waals surface area contributed by atoms with Crippen LogP contribution in [0, 0.1) is 0 Å². The molecule has 0 saturated heterocycles. The summed E-state index contributed by atoms with van der Waals surface area (Å²) in [6.07, 6.45) is 3.39. The van der Waals surface area contributed by atoms with Gasteiger partial charge < -0.3 is 9.16 Å². The maximum Gasteiger partial charge on any atom is 0.330 e. The van der Waals surface area contributed by atoms with Gasteiger partial charge in [-0.05, 0) is 42.8 Å². The first kappa shape index (κ1) is 20.5. The fraction of sp³-hybridized carbons (Fsp3) is 0.550. The van der Waals surface area contributed by atoms with Crippen molar-refractivity contribution in [2.24, 2.45) is 0 Å². The molecule has 0 radical (unpaired) electrons. The quantitative estimate of drug-likeness (QED) is 0.388. The molecule has 0 aromatic heterocycles. The van der Waals surface area contributed by atoms with Gasteiger partial charge in [0, 0.05) is 11.5 Å². The lowest BCUT2D eigenvalue weighted by molar-refractivity contribution is -0.137. The summed E-state index contributed by atoms with van der Waals surface area (Å²) in [7, 11) is -1.87. The Labute approximate surface area is 148 Å². The fourth-order valence-electron chi connectivity index (χ4n) is 1.97. The molecule has 0 unspecified atom stereocenters. The van der Waals surface area contributed by atoms with E-state index in [1.807, 2.05) is 18.2 Å². The van der Waals surface area contributed by atoms with Gasteiger partial charge in [0.25, 0.3) is 0 Å². The molecular weight excluding hydrogens is 316 g/mol. The van der Waals surface area contributed by atoms with E-state index < -0.39 is 8.32 Å². The molecule has 4 heteroatoms. The van der Waals surface area contributed by atoms with Crippen molar-refractivity contribution >= 4 is 14.3 Å². The number of carbonyl (C=O) groups is 1. The first-order valence-corrected chi connectivity index (χ1v) is 11.5. The van der Waals surface area contributed by atoms with Crippen LogP contribution in [-0.4, -0.2) is 20.9 Å². The van der Waals surface area contributed by atoms with Gasteiger partial charge in [0.05, 0.1) is 6.61 Å². The molecule has 0 aliphatic carbocycles. The van der Waals surface area contributed by atoms with Gasteiger partial charge in [-0.2, -0.15) is 0 Å². The van der Waals surface area contributed by atoms with Gasteiger partial charge in [0.1, 0.15) is 5.75 Å². The topological polar surface area (TPSA) is 35.5 Å². The van der Waals surface area contributed by atoms with Crippen LogP contribution in [0.1, 0.15) is 47.1 Å². The SMILES string of the molecule is CCOC(=O)C=CC(C)(C)c1cccc(O[Si](C)(C)C(C)(C)C)c1. The fourth-order valence-corrected chi connectivity index (χ4v) is 2.99. The first-order valence-electron chi connectivity index (χ1n) is 8.54. The third-order valence-electron chi connectivity index (χ3n) is 4.68. The van der Waals surface area contributed by atoms with E-state index in [0.29, 0.717) is 6.61 Å². The molecule has 0 bridgehead atoms. The highest BCUT2D eigenvalue weighted by molar-refractivity contribution is 6.74. The minimum absolute atomic E-state index is 0.155. The summed E-state index contributed by atoms with van der Waals surface area (Å²) in [5.74, 6) is 0.593. The Morgan fingerprint density at radius 3 is 2.33 bits per heavy atom. The normalized spacial score (nSPS) is 13.2.